The molecule has 0 unspecified atom stereocenters. The second-order valence-electron chi connectivity index (χ2n) is 4.53. The van der Waals surface area contributed by atoms with Crippen molar-refractivity contribution in [1.29, 1.82) is 0 Å². The lowest BCUT2D eigenvalue weighted by Crippen LogP contribution is -2.23. The Morgan fingerprint density at radius 1 is 1.09 bits per heavy atom. The SMILES string of the molecule is O=S(=O)(NCc1ccc(-c2cccnc2)nc1)c1cnc[nH]1. The Morgan fingerprint density at radius 3 is 2.64 bits per heavy atom. The van der Waals surface area contributed by atoms with Crippen molar-refractivity contribution in [3.8, 4) is 11.3 Å². The predicted octanol–water partition coefficient (Wildman–Crippen LogP) is 1.35. The van der Waals surface area contributed by atoms with Crippen LogP contribution < -0.4 is 4.72 Å². The van der Waals surface area contributed by atoms with Gasteiger partial charge in [-0.15, -0.1) is 0 Å². The number of rotatable bonds is 5. The van der Waals surface area contributed by atoms with Crippen molar-refractivity contribution in [3.05, 3.63) is 60.9 Å². The van der Waals surface area contributed by atoms with Gasteiger partial charge < -0.3 is 4.98 Å². The van der Waals surface area contributed by atoms with Crippen LogP contribution in [0.15, 0.2) is 60.4 Å². The zero-order chi connectivity index (χ0) is 15.4. The number of nitrogens with one attached hydrogen (secondary N) is 2. The van der Waals surface area contributed by atoms with Crippen LogP contribution in [0.4, 0.5) is 0 Å². The van der Waals surface area contributed by atoms with Gasteiger partial charge in [-0.2, -0.15) is 0 Å². The van der Waals surface area contributed by atoms with Gasteiger partial charge in [0.05, 0.1) is 18.2 Å². The molecule has 112 valence electrons. The van der Waals surface area contributed by atoms with Crippen LogP contribution in [0.1, 0.15) is 5.56 Å². The fourth-order valence-corrected chi connectivity index (χ4v) is 2.78. The average Bonchev–Trinajstić information content (AvgIpc) is 3.10. The van der Waals surface area contributed by atoms with E-state index in [1.165, 1.54) is 12.5 Å². The number of hydrogen-bond acceptors (Lipinski definition) is 5. The van der Waals surface area contributed by atoms with E-state index in [0.717, 1.165) is 16.8 Å². The molecule has 0 saturated carbocycles. The van der Waals surface area contributed by atoms with Crippen molar-refractivity contribution < 1.29 is 8.42 Å². The first kappa shape index (κ1) is 14.4. The first-order chi connectivity index (χ1) is 10.6. The Kier molecular flexibility index (Phi) is 3.94. The van der Waals surface area contributed by atoms with E-state index in [4.69, 9.17) is 0 Å². The van der Waals surface area contributed by atoms with Gasteiger partial charge in [0.1, 0.15) is 0 Å². The third-order valence-corrected chi connectivity index (χ3v) is 4.34. The van der Waals surface area contributed by atoms with Crippen LogP contribution in [0, 0.1) is 0 Å². The van der Waals surface area contributed by atoms with Gasteiger partial charge in [-0.05, 0) is 23.8 Å². The predicted molar refractivity (Wildman–Crippen MR) is 80.1 cm³/mol. The van der Waals surface area contributed by atoms with Crippen molar-refractivity contribution >= 4 is 10.0 Å². The number of sulfonamides is 1. The monoisotopic (exact) mass is 315 g/mol. The molecule has 0 aromatic carbocycles. The molecule has 3 rings (SSSR count). The lowest BCUT2D eigenvalue weighted by atomic mass is 10.1. The molecule has 0 atom stereocenters. The van der Waals surface area contributed by atoms with Crippen LogP contribution >= 0.6 is 0 Å². The zero-order valence-corrected chi connectivity index (χ0v) is 12.3. The summed E-state index contributed by atoms with van der Waals surface area (Å²) in [5, 5.41) is 0.0347. The van der Waals surface area contributed by atoms with Crippen LogP contribution in [0.3, 0.4) is 0 Å². The van der Waals surface area contributed by atoms with Crippen molar-refractivity contribution in [3.63, 3.8) is 0 Å². The van der Waals surface area contributed by atoms with Gasteiger partial charge in [0.15, 0.2) is 5.03 Å². The molecule has 2 N–H and O–H groups in total. The normalized spacial score (nSPS) is 11.5. The second kappa shape index (κ2) is 6.04. The van der Waals surface area contributed by atoms with Crippen LogP contribution in [0.5, 0.6) is 0 Å². The molecule has 0 saturated heterocycles. The summed E-state index contributed by atoms with van der Waals surface area (Å²) in [5.74, 6) is 0. The summed E-state index contributed by atoms with van der Waals surface area (Å²) >= 11 is 0. The number of imidazole rings is 1. The van der Waals surface area contributed by atoms with Gasteiger partial charge in [0.25, 0.3) is 10.0 Å². The third kappa shape index (κ3) is 3.18. The van der Waals surface area contributed by atoms with Crippen LogP contribution in [-0.2, 0) is 16.6 Å². The Balaban J connectivity index is 1.70. The zero-order valence-electron chi connectivity index (χ0n) is 11.5. The lowest BCUT2D eigenvalue weighted by Gasteiger charge is -2.05. The van der Waals surface area contributed by atoms with E-state index < -0.39 is 10.0 Å². The van der Waals surface area contributed by atoms with Crippen LogP contribution in [0.25, 0.3) is 11.3 Å². The lowest BCUT2D eigenvalue weighted by molar-refractivity contribution is 0.578. The molecule has 3 heterocycles. The molecule has 3 aromatic rings. The highest BCUT2D eigenvalue weighted by Gasteiger charge is 2.14. The van der Waals surface area contributed by atoms with Gasteiger partial charge >= 0.3 is 0 Å². The maximum atomic E-state index is 11.9. The van der Waals surface area contributed by atoms with Gasteiger partial charge in [0.2, 0.25) is 0 Å². The molecular formula is C14H13N5O2S. The van der Waals surface area contributed by atoms with Gasteiger partial charge in [-0.1, -0.05) is 6.07 Å². The quantitative estimate of drug-likeness (QED) is 0.740. The Hall–Kier alpha value is -2.58. The number of H-pyrrole nitrogens is 1. The molecule has 0 fully saturated rings. The molecular weight excluding hydrogens is 302 g/mol. The third-order valence-electron chi connectivity index (χ3n) is 3.01. The van der Waals surface area contributed by atoms with E-state index in [0.29, 0.717) is 0 Å². The highest BCUT2D eigenvalue weighted by Crippen LogP contribution is 2.15. The van der Waals surface area contributed by atoms with E-state index in [2.05, 4.69) is 24.7 Å². The first-order valence-electron chi connectivity index (χ1n) is 6.48. The minimum atomic E-state index is -3.58. The summed E-state index contributed by atoms with van der Waals surface area (Å²) < 4.78 is 26.4. The molecule has 0 amide bonds. The fourth-order valence-electron chi connectivity index (χ4n) is 1.86. The summed E-state index contributed by atoms with van der Waals surface area (Å²) in [6, 6.07) is 7.40. The molecule has 22 heavy (non-hydrogen) atoms. The molecule has 0 radical (unpaired) electrons. The average molecular weight is 315 g/mol. The number of aromatic nitrogens is 4. The van der Waals surface area contributed by atoms with Crippen LogP contribution in [-0.4, -0.2) is 28.4 Å². The standard InChI is InChI=1S/C14H13N5O2S/c20-22(21,14-9-16-10-18-14)19-7-11-3-4-13(17-6-11)12-2-1-5-15-8-12/h1-6,8-10,19H,7H2,(H,16,18). The fraction of sp³-hybridized carbons (Fsp3) is 0.0714. The minimum Gasteiger partial charge on any atom is -0.335 e. The van der Waals surface area contributed by atoms with Crippen molar-refractivity contribution in [2.75, 3.05) is 0 Å². The molecule has 0 aliphatic rings. The molecule has 0 bridgehead atoms. The van der Waals surface area contributed by atoms with Gasteiger partial charge in [0, 0.05) is 30.7 Å². The van der Waals surface area contributed by atoms with Crippen LogP contribution in [0.2, 0.25) is 0 Å². The van der Waals surface area contributed by atoms with E-state index in [1.54, 1.807) is 18.6 Å². The minimum absolute atomic E-state index is 0.0347. The Labute approximate surface area is 127 Å². The topological polar surface area (TPSA) is 101 Å². The maximum absolute atomic E-state index is 11.9. The van der Waals surface area contributed by atoms with Crippen molar-refractivity contribution in [2.45, 2.75) is 11.6 Å². The molecule has 3 aromatic heterocycles. The smallest absolute Gasteiger partial charge is 0.257 e. The number of aromatic amines is 1. The van der Waals surface area contributed by atoms with Gasteiger partial charge in [-0.25, -0.2) is 18.1 Å². The summed E-state index contributed by atoms with van der Waals surface area (Å²) in [5.41, 5.74) is 2.45. The number of nitrogens with zero attached hydrogens (tertiary/aromatic N) is 3. The summed E-state index contributed by atoms with van der Waals surface area (Å²) in [7, 11) is -3.58. The Bertz CT molecular complexity index is 831. The molecule has 8 heteroatoms. The summed E-state index contributed by atoms with van der Waals surface area (Å²) in [6.07, 6.45) is 7.63. The first-order valence-corrected chi connectivity index (χ1v) is 7.97. The number of pyridine rings is 2. The molecule has 0 spiro atoms. The number of hydrogen-bond donors (Lipinski definition) is 2. The molecule has 0 aliphatic heterocycles. The highest BCUT2D eigenvalue weighted by molar-refractivity contribution is 7.89. The van der Waals surface area contributed by atoms with E-state index in [9.17, 15) is 8.42 Å². The molecule has 0 aliphatic carbocycles. The van der Waals surface area contributed by atoms with E-state index in [-0.39, 0.29) is 11.6 Å². The van der Waals surface area contributed by atoms with Crippen molar-refractivity contribution in [2.24, 2.45) is 0 Å². The Morgan fingerprint density at radius 2 is 2.00 bits per heavy atom. The van der Waals surface area contributed by atoms with E-state index in [1.807, 2.05) is 24.3 Å². The summed E-state index contributed by atoms with van der Waals surface area (Å²) in [6.45, 7) is 0.154. The maximum Gasteiger partial charge on any atom is 0.257 e. The molecule has 7 nitrogen and oxygen atoms in total. The highest BCUT2D eigenvalue weighted by atomic mass is 32.2. The van der Waals surface area contributed by atoms with E-state index >= 15 is 0 Å². The largest absolute Gasteiger partial charge is 0.335 e. The second-order valence-corrected chi connectivity index (χ2v) is 6.27. The van der Waals surface area contributed by atoms with Crippen molar-refractivity contribution in [1.82, 2.24) is 24.7 Å². The summed E-state index contributed by atoms with van der Waals surface area (Å²) in [4.78, 5) is 14.6. The van der Waals surface area contributed by atoms with Gasteiger partial charge in [-0.3, -0.25) is 9.97 Å².